The zero-order chi connectivity index (χ0) is 17.9. The van der Waals surface area contributed by atoms with Gasteiger partial charge in [0.1, 0.15) is 17.2 Å². The number of aliphatic hydroxyl groups excluding tert-OH is 1. The number of rotatable bonds is 4. The maximum Gasteiger partial charge on any atom is 0.258 e. The minimum Gasteiger partial charge on any atom is -0.484 e. The number of amides is 2. The molecule has 2 aliphatic rings. The lowest BCUT2D eigenvalue weighted by Crippen LogP contribution is -2.69. The standard InChI is InChI=1S/C16H20N2O3S.CH4O/c1-10-16(2,3)22-15-13(14(20)18(10)15)17-12(19)9-21-11-7-5-4-6-8-11;1-2/h4-8,10,13,15H,9H2,1-3H3,(H,17,19);2H,1H3. The molecule has 2 amide bonds. The van der Waals surface area contributed by atoms with Crippen molar-refractivity contribution in [2.75, 3.05) is 13.7 Å². The van der Waals surface area contributed by atoms with Gasteiger partial charge < -0.3 is 20.1 Å². The van der Waals surface area contributed by atoms with E-state index in [1.165, 1.54) is 0 Å². The molecule has 3 unspecified atom stereocenters. The molecule has 2 saturated heterocycles. The van der Waals surface area contributed by atoms with Crippen LogP contribution in [0.5, 0.6) is 5.75 Å². The van der Waals surface area contributed by atoms with Crippen LogP contribution in [-0.2, 0) is 9.59 Å². The minimum absolute atomic E-state index is 0.00337. The molecule has 2 N–H and O–H groups in total. The van der Waals surface area contributed by atoms with E-state index in [2.05, 4.69) is 26.1 Å². The zero-order valence-corrected chi connectivity index (χ0v) is 15.2. The molecule has 1 aromatic rings. The quantitative estimate of drug-likeness (QED) is 0.797. The van der Waals surface area contributed by atoms with E-state index >= 15 is 0 Å². The molecule has 2 aliphatic heterocycles. The second-order valence-electron chi connectivity index (χ2n) is 6.18. The topological polar surface area (TPSA) is 78.9 Å². The number of β-lactam (4-membered cyclic amide) rings is 1. The predicted octanol–water partition coefficient (Wildman–Crippen LogP) is 1.24. The molecule has 1 aromatic carbocycles. The van der Waals surface area contributed by atoms with Crippen LogP contribution in [0.1, 0.15) is 20.8 Å². The molecule has 132 valence electrons. The highest BCUT2D eigenvalue weighted by atomic mass is 32.2. The summed E-state index contributed by atoms with van der Waals surface area (Å²) in [7, 11) is 1.00. The summed E-state index contributed by atoms with van der Waals surface area (Å²) < 4.78 is 5.42. The van der Waals surface area contributed by atoms with Crippen molar-refractivity contribution in [1.82, 2.24) is 10.2 Å². The largest absolute Gasteiger partial charge is 0.484 e. The molecule has 2 fully saturated rings. The minimum atomic E-state index is -0.430. The first-order valence-electron chi connectivity index (χ1n) is 7.82. The van der Waals surface area contributed by atoms with Gasteiger partial charge in [-0.25, -0.2) is 0 Å². The van der Waals surface area contributed by atoms with E-state index in [9.17, 15) is 9.59 Å². The summed E-state index contributed by atoms with van der Waals surface area (Å²) in [6.45, 7) is 6.24. The lowest BCUT2D eigenvalue weighted by molar-refractivity contribution is -0.151. The molecule has 0 bridgehead atoms. The zero-order valence-electron chi connectivity index (χ0n) is 14.4. The van der Waals surface area contributed by atoms with Gasteiger partial charge in [-0.1, -0.05) is 18.2 Å². The van der Waals surface area contributed by atoms with Gasteiger partial charge in [0.25, 0.3) is 5.91 Å². The van der Waals surface area contributed by atoms with Crippen LogP contribution in [0.3, 0.4) is 0 Å². The Bertz CT molecular complexity index is 594. The molecular formula is C17H24N2O4S. The number of carbonyl (C=O) groups is 2. The molecule has 0 radical (unpaired) electrons. The van der Waals surface area contributed by atoms with Crippen LogP contribution in [-0.4, -0.2) is 57.7 Å². The van der Waals surface area contributed by atoms with Crippen LogP contribution in [0.15, 0.2) is 30.3 Å². The van der Waals surface area contributed by atoms with Crippen molar-refractivity contribution in [3.63, 3.8) is 0 Å². The molecule has 0 aliphatic carbocycles. The Morgan fingerprint density at radius 2 is 1.96 bits per heavy atom. The van der Waals surface area contributed by atoms with Crippen molar-refractivity contribution in [1.29, 1.82) is 0 Å². The Morgan fingerprint density at radius 1 is 1.33 bits per heavy atom. The van der Waals surface area contributed by atoms with Gasteiger partial charge in [-0.15, -0.1) is 11.8 Å². The first-order valence-corrected chi connectivity index (χ1v) is 8.70. The van der Waals surface area contributed by atoms with Crippen LogP contribution < -0.4 is 10.1 Å². The van der Waals surface area contributed by atoms with E-state index in [1.807, 2.05) is 23.1 Å². The second kappa shape index (κ2) is 7.44. The fourth-order valence-corrected chi connectivity index (χ4v) is 4.43. The Kier molecular flexibility index (Phi) is 5.77. The number of benzene rings is 1. The number of carbonyl (C=O) groups excluding carboxylic acids is 2. The molecule has 0 spiro atoms. The number of hydrogen-bond donors (Lipinski definition) is 2. The predicted molar refractivity (Wildman–Crippen MR) is 93.8 cm³/mol. The number of nitrogens with one attached hydrogen (secondary N) is 1. The summed E-state index contributed by atoms with van der Waals surface area (Å²) in [4.78, 5) is 26.1. The smallest absolute Gasteiger partial charge is 0.258 e. The summed E-state index contributed by atoms with van der Waals surface area (Å²) in [6, 6.07) is 8.92. The van der Waals surface area contributed by atoms with Crippen molar-refractivity contribution in [3.8, 4) is 5.75 Å². The van der Waals surface area contributed by atoms with Gasteiger partial charge in [0.05, 0.1) is 0 Å². The van der Waals surface area contributed by atoms with E-state index < -0.39 is 6.04 Å². The van der Waals surface area contributed by atoms with Crippen LogP contribution >= 0.6 is 11.8 Å². The molecule has 2 heterocycles. The highest BCUT2D eigenvalue weighted by Gasteiger charge is 2.60. The summed E-state index contributed by atoms with van der Waals surface area (Å²) in [5, 5.41) is 9.83. The van der Waals surface area contributed by atoms with Gasteiger partial charge in [0.15, 0.2) is 6.61 Å². The Morgan fingerprint density at radius 3 is 2.58 bits per heavy atom. The molecule has 24 heavy (non-hydrogen) atoms. The van der Waals surface area contributed by atoms with E-state index in [0.717, 1.165) is 7.11 Å². The van der Waals surface area contributed by atoms with Gasteiger partial charge in [-0.2, -0.15) is 0 Å². The lowest BCUT2D eigenvalue weighted by atomic mass is 9.97. The third kappa shape index (κ3) is 3.52. The van der Waals surface area contributed by atoms with Crippen molar-refractivity contribution in [2.45, 2.75) is 43.0 Å². The van der Waals surface area contributed by atoms with Gasteiger partial charge in [0.2, 0.25) is 5.91 Å². The summed E-state index contributed by atoms with van der Waals surface area (Å²) in [5.74, 6) is 0.382. The Hall–Kier alpha value is -1.73. The Labute approximate surface area is 146 Å². The molecular weight excluding hydrogens is 328 g/mol. The molecule has 3 rings (SSSR count). The van der Waals surface area contributed by atoms with Crippen molar-refractivity contribution < 1.29 is 19.4 Å². The number of hydrogen-bond acceptors (Lipinski definition) is 5. The second-order valence-corrected chi connectivity index (χ2v) is 7.95. The van der Waals surface area contributed by atoms with E-state index in [-0.39, 0.29) is 34.6 Å². The first kappa shape index (κ1) is 18.6. The fourth-order valence-electron chi connectivity index (χ4n) is 2.78. The van der Waals surface area contributed by atoms with E-state index in [1.54, 1.807) is 23.9 Å². The summed E-state index contributed by atoms with van der Waals surface area (Å²) >= 11 is 1.74. The average Bonchev–Trinajstić information content (AvgIpc) is 2.80. The van der Waals surface area contributed by atoms with E-state index in [4.69, 9.17) is 9.84 Å². The SMILES string of the molecule is CC1N2C(=O)C(NC(=O)COc3ccccc3)C2SC1(C)C.CO. The van der Waals surface area contributed by atoms with Crippen molar-refractivity contribution in [3.05, 3.63) is 30.3 Å². The van der Waals surface area contributed by atoms with Crippen LogP contribution in [0.4, 0.5) is 0 Å². The van der Waals surface area contributed by atoms with Crippen molar-refractivity contribution in [2.24, 2.45) is 0 Å². The Balaban J connectivity index is 0.00000100. The van der Waals surface area contributed by atoms with E-state index in [0.29, 0.717) is 5.75 Å². The lowest BCUT2D eigenvalue weighted by Gasteiger charge is -2.44. The van der Waals surface area contributed by atoms with Crippen LogP contribution in [0, 0.1) is 0 Å². The molecule has 6 nitrogen and oxygen atoms in total. The monoisotopic (exact) mass is 352 g/mol. The van der Waals surface area contributed by atoms with Gasteiger partial charge in [-0.3, -0.25) is 9.59 Å². The maximum atomic E-state index is 12.2. The third-order valence-electron chi connectivity index (χ3n) is 4.36. The number of thioether (sulfide) groups is 1. The summed E-state index contributed by atoms with van der Waals surface area (Å²) in [6.07, 6.45) is 0. The average molecular weight is 352 g/mol. The number of para-hydroxylation sites is 1. The number of fused-ring (bicyclic) bond motifs is 1. The highest BCUT2D eigenvalue weighted by Crippen LogP contribution is 2.50. The maximum absolute atomic E-state index is 12.2. The first-order chi connectivity index (χ1) is 11.4. The van der Waals surface area contributed by atoms with Gasteiger partial charge in [0, 0.05) is 17.9 Å². The molecule has 7 heteroatoms. The van der Waals surface area contributed by atoms with Gasteiger partial charge in [-0.05, 0) is 32.9 Å². The fraction of sp³-hybridized carbons (Fsp3) is 0.529. The van der Waals surface area contributed by atoms with Gasteiger partial charge >= 0.3 is 0 Å². The third-order valence-corrected chi connectivity index (χ3v) is 6.05. The van der Waals surface area contributed by atoms with Crippen molar-refractivity contribution >= 4 is 23.6 Å². The number of ether oxygens (including phenoxy) is 1. The molecule has 3 atom stereocenters. The number of nitrogens with zero attached hydrogens (tertiary/aromatic N) is 1. The van der Waals surface area contributed by atoms with Crippen LogP contribution in [0.25, 0.3) is 0 Å². The number of aliphatic hydroxyl groups is 1. The highest BCUT2D eigenvalue weighted by molar-refractivity contribution is 8.01. The van der Waals surface area contributed by atoms with Crippen LogP contribution in [0.2, 0.25) is 0 Å². The summed E-state index contributed by atoms with van der Waals surface area (Å²) in [5.41, 5.74) is 0. The molecule has 0 saturated carbocycles. The molecule has 0 aromatic heterocycles. The normalized spacial score (nSPS) is 26.6.